The van der Waals surface area contributed by atoms with Crippen LogP contribution in [0.25, 0.3) is 11.2 Å². The van der Waals surface area contributed by atoms with Gasteiger partial charge in [-0.1, -0.05) is 20.3 Å². The average Bonchev–Trinajstić information content (AvgIpc) is 3.55. The number of aromatic nitrogens is 4. The van der Waals surface area contributed by atoms with Crippen LogP contribution in [0.2, 0.25) is 0 Å². The van der Waals surface area contributed by atoms with Crippen LogP contribution in [0.15, 0.2) is 16.1 Å². The van der Waals surface area contributed by atoms with Crippen molar-refractivity contribution in [1.82, 2.24) is 24.4 Å². The zero-order valence-corrected chi connectivity index (χ0v) is 24.2. The lowest BCUT2D eigenvalue weighted by Gasteiger charge is -2.25. The first-order valence-electron chi connectivity index (χ1n) is 13.8. The van der Waals surface area contributed by atoms with Crippen molar-refractivity contribution in [3.05, 3.63) is 43.6 Å². The van der Waals surface area contributed by atoms with Crippen LogP contribution in [0.5, 0.6) is 5.88 Å². The predicted molar refractivity (Wildman–Crippen MR) is 154 cm³/mol. The van der Waals surface area contributed by atoms with E-state index in [0.717, 1.165) is 42.7 Å². The third-order valence-electron chi connectivity index (χ3n) is 8.38. The Morgan fingerprint density at radius 1 is 1.30 bits per heavy atom. The summed E-state index contributed by atoms with van der Waals surface area (Å²) in [5.41, 5.74) is 15.4. The second kappa shape index (κ2) is 11.1. The first-order chi connectivity index (χ1) is 19.2. The zero-order chi connectivity index (χ0) is 28.7. The molecule has 212 valence electrons. The Balaban J connectivity index is 1.57. The van der Waals surface area contributed by atoms with E-state index in [-0.39, 0.29) is 35.0 Å². The van der Waals surface area contributed by atoms with Crippen molar-refractivity contribution < 1.29 is 9.53 Å². The van der Waals surface area contributed by atoms with Crippen LogP contribution in [-0.4, -0.2) is 56.4 Å². The molecule has 0 saturated carbocycles. The standard InChI is InChI=1S/C28H36N8O3S/c1-5-7-16(21(30)15-8-6-9-19-20(15)17(12-29)24(31)40-19)23(37)26-32-25-22(36(4)28(38)34-25)27(33-26)39-13-18-14(2)10-11-35(18)3/h14-15,18H,5-11,13,30-31H2,1-4H3,(H,32,33,34,38)/b21-16-/t14?,15?,18-/m1/s1. The fourth-order valence-electron chi connectivity index (χ4n) is 6.06. The summed E-state index contributed by atoms with van der Waals surface area (Å²) in [4.78, 5) is 41.6. The van der Waals surface area contributed by atoms with Gasteiger partial charge in [0.1, 0.15) is 17.7 Å². The number of nitrogens with two attached hydrogens (primary N) is 2. The van der Waals surface area contributed by atoms with Gasteiger partial charge in [-0.2, -0.15) is 10.2 Å². The Bertz CT molecular complexity index is 1580. The molecule has 0 amide bonds. The minimum absolute atomic E-state index is 0.0788. The molecule has 2 unspecified atom stereocenters. The summed E-state index contributed by atoms with van der Waals surface area (Å²) in [6.07, 6.45) is 4.62. The molecule has 3 atom stereocenters. The number of Topliss-reactive ketones (excluding diaryl/α,β-unsaturated/α-hetero) is 1. The predicted octanol–water partition coefficient (Wildman–Crippen LogP) is 3.21. The van der Waals surface area contributed by atoms with Gasteiger partial charge in [0.25, 0.3) is 0 Å². The van der Waals surface area contributed by atoms with E-state index in [1.807, 2.05) is 6.92 Å². The van der Waals surface area contributed by atoms with Gasteiger partial charge in [-0.05, 0) is 57.2 Å². The number of H-pyrrole nitrogens is 1. The molecule has 11 nitrogen and oxygen atoms in total. The minimum Gasteiger partial charge on any atom is -0.474 e. The molecule has 1 aliphatic carbocycles. The largest absolute Gasteiger partial charge is 0.474 e. The van der Waals surface area contributed by atoms with Gasteiger partial charge in [-0.25, -0.2) is 9.78 Å². The Labute approximate surface area is 236 Å². The first-order valence-corrected chi connectivity index (χ1v) is 14.6. The van der Waals surface area contributed by atoms with Crippen molar-refractivity contribution in [3.63, 3.8) is 0 Å². The second-order valence-electron chi connectivity index (χ2n) is 10.9. The summed E-state index contributed by atoms with van der Waals surface area (Å²) < 4.78 is 7.60. The Hall–Kier alpha value is -3.69. The number of ketones is 1. The van der Waals surface area contributed by atoms with Gasteiger partial charge in [0.15, 0.2) is 11.2 Å². The van der Waals surface area contributed by atoms with Crippen LogP contribution in [0.3, 0.4) is 0 Å². The fourth-order valence-corrected chi connectivity index (χ4v) is 7.18. The molecular formula is C28H36N8O3S. The summed E-state index contributed by atoms with van der Waals surface area (Å²) >= 11 is 1.43. The summed E-state index contributed by atoms with van der Waals surface area (Å²) in [6.45, 7) is 5.52. The molecular weight excluding hydrogens is 528 g/mol. The molecule has 0 bridgehead atoms. The second-order valence-corrected chi connectivity index (χ2v) is 12.0. The van der Waals surface area contributed by atoms with Crippen LogP contribution in [0.1, 0.15) is 78.5 Å². The number of carbonyl (C=O) groups excluding carboxylic acids is 1. The van der Waals surface area contributed by atoms with Crippen molar-refractivity contribution >= 4 is 33.3 Å². The van der Waals surface area contributed by atoms with Crippen LogP contribution >= 0.6 is 11.3 Å². The van der Waals surface area contributed by atoms with E-state index in [2.05, 4.69) is 39.9 Å². The normalized spacial score (nSPS) is 21.7. The number of ether oxygens (including phenoxy) is 1. The zero-order valence-electron chi connectivity index (χ0n) is 23.4. The number of nitrogens with one attached hydrogen (secondary N) is 1. The minimum atomic E-state index is -0.406. The molecule has 3 aromatic rings. The first kappa shape index (κ1) is 27.9. The van der Waals surface area contributed by atoms with Gasteiger partial charge in [0, 0.05) is 35.2 Å². The van der Waals surface area contributed by atoms with E-state index >= 15 is 0 Å². The van der Waals surface area contributed by atoms with Crippen LogP contribution in [0, 0.1) is 17.2 Å². The SMILES string of the molecule is CCC/C(C(=O)c1nc(OC[C@@H]2C(C)CCN2C)c2c(n1)[nH]c(=O)n2C)=C(/N)C1CCCc2sc(N)c(C#N)c21. The number of nitrogen functional groups attached to an aromatic ring is 1. The third kappa shape index (κ3) is 4.77. The molecule has 2 aliphatic rings. The highest BCUT2D eigenvalue weighted by Crippen LogP contribution is 2.45. The maximum absolute atomic E-state index is 14.0. The van der Waals surface area contributed by atoms with Gasteiger partial charge in [0.05, 0.1) is 5.56 Å². The Kier molecular flexibility index (Phi) is 7.70. The van der Waals surface area contributed by atoms with E-state index in [9.17, 15) is 14.9 Å². The van der Waals surface area contributed by atoms with Crippen molar-refractivity contribution in [3.8, 4) is 11.9 Å². The quantitative estimate of drug-likeness (QED) is 0.275. The van der Waals surface area contributed by atoms with Crippen molar-refractivity contribution in [2.45, 2.75) is 64.3 Å². The number of imidazole rings is 1. The van der Waals surface area contributed by atoms with Crippen molar-refractivity contribution in [2.24, 2.45) is 18.7 Å². The van der Waals surface area contributed by atoms with Gasteiger partial charge >= 0.3 is 5.69 Å². The number of aryl methyl sites for hydroxylation is 2. The number of nitriles is 1. The Morgan fingerprint density at radius 2 is 2.08 bits per heavy atom. The Morgan fingerprint density at radius 3 is 2.75 bits per heavy atom. The molecule has 4 heterocycles. The van der Waals surface area contributed by atoms with Gasteiger partial charge in [0.2, 0.25) is 17.5 Å². The molecule has 5 N–H and O–H groups in total. The average molecular weight is 565 g/mol. The van der Waals surface area contributed by atoms with E-state index in [0.29, 0.717) is 52.7 Å². The topological polar surface area (TPSA) is 169 Å². The number of nitrogens with zero attached hydrogens (tertiary/aromatic N) is 5. The summed E-state index contributed by atoms with van der Waals surface area (Å²) in [5.74, 6) is -0.135. The van der Waals surface area contributed by atoms with E-state index in [4.69, 9.17) is 16.2 Å². The third-order valence-corrected chi connectivity index (χ3v) is 9.47. The van der Waals surface area contributed by atoms with Crippen molar-refractivity contribution in [1.29, 1.82) is 5.26 Å². The number of allylic oxidation sites excluding steroid dienone is 2. The van der Waals surface area contributed by atoms with E-state index in [1.54, 1.807) is 7.05 Å². The van der Waals surface area contributed by atoms with E-state index < -0.39 is 5.78 Å². The molecule has 3 aromatic heterocycles. The highest BCUT2D eigenvalue weighted by molar-refractivity contribution is 7.16. The number of likely N-dealkylation sites (N-methyl/N-ethyl adjacent to an activating group) is 1. The van der Waals surface area contributed by atoms with Crippen LogP contribution < -0.4 is 21.9 Å². The fraction of sp³-hybridized carbons (Fsp3) is 0.536. The lowest BCUT2D eigenvalue weighted by molar-refractivity contribution is 0.101. The molecule has 5 rings (SSSR count). The highest BCUT2D eigenvalue weighted by Gasteiger charge is 2.33. The number of anilines is 1. The molecule has 1 saturated heterocycles. The molecule has 40 heavy (non-hydrogen) atoms. The van der Waals surface area contributed by atoms with Gasteiger partial charge in [-0.3, -0.25) is 19.2 Å². The molecule has 1 fully saturated rings. The monoisotopic (exact) mass is 564 g/mol. The van der Waals surface area contributed by atoms with Crippen LogP contribution in [0.4, 0.5) is 5.00 Å². The van der Waals surface area contributed by atoms with Crippen LogP contribution in [-0.2, 0) is 13.5 Å². The lowest BCUT2D eigenvalue weighted by atomic mass is 9.80. The summed E-state index contributed by atoms with van der Waals surface area (Å²) in [6, 6.07) is 2.43. The maximum atomic E-state index is 14.0. The summed E-state index contributed by atoms with van der Waals surface area (Å²) in [5, 5.41) is 10.3. The molecule has 0 radical (unpaired) electrons. The van der Waals surface area contributed by atoms with Gasteiger partial charge in [-0.15, -0.1) is 11.3 Å². The van der Waals surface area contributed by atoms with Crippen molar-refractivity contribution in [2.75, 3.05) is 25.9 Å². The summed E-state index contributed by atoms with van der Waals surface area (Å²) in [7, 11) is 3.68. The number of rotatable bonds is 8. The smallest absolute Gasteiger partial charge is 0.327 e. The lowest BCUT2D eigenvalue weighted by Crippen LogP contribution is -2.34. The number of hydrogen-bond donors (Lipinski definition) is 3. The number of aromatic amines is 1. The number of thiophene rings is 1. The van der Waals surface area contributed by atoms with Gasteiger partial charge < -0.3 is 16.2 Å². The molecule has 0 spiro atoms. The molecule has 12 heteroatoms. The number of fused-ring (bicyclic) bond motifs is 2. The molecule has 0 aromatic carbocycles. The number of hydrogen-bond acceptors (Lipinski definition) is 10. The van der Waals surface area contributed by atoms with E-state index in [1.165, 1.54) is 15.9 Å². The number of carbonyl (C=O) groups is 1. The highest BCUT2D eigenvalue weighted by atomic mass is 32.1. The molecule has 1 aliphatic heterocycles. The number of likely N-dealkylation sites (tertiary alicyclic amines) is 1. The maximum Gasteiger partial charge on any atom is 0.327 e.